The lowest BCUT2D eigenvalue weighted by Gasteiger charge is -2.13. The normalized spacial score (nSPS) is 10.6. The van der Waals surface area contributed by atoms with Crippen LogP contribution in [-0.4, -0.2) is 17.7 Å². The minimum Gasteiger partial charge on any atom is -0.489 e. The topological polar surface area (TPSA) is 55.8 Å². The minimum atomic E-state index is -0.974. The molecule has 150 valence electrons. The molecule has 0 unspecified atom stereocenters. The highest BCUT2D eigenvalue weighted by molar-refractivity contribution is 7.98. The van der Waals surface area contributed by atoms with Crippen LogP contribution in [0.15, 0.2) is 71.6 Å². The monoisotopic (exact) mass is 408 g/mol. The van der Waals surface area contributed by atoms with E-state index in [-0.39, 0.29) is 6.61 Å². The maximum atomic E-state index is 10.7. The quantitative estimate of drug-likeness (QED) is 0.465. The highest BCUT2D eigenvalue weighted by Crippen LogP contribution is 2.31. The first-order chi connectivity index (χ1) is 14.0. The Morgan fingerprint density at radius 3 is 2.17 bits per heavy atom. The van der Waals surface area contributed by atoms with Crippen LogP contribution in [0.1, 0.15) is 22.3 Å². The van der Waals surface area contributed by atoms with Gasteiger partial charge in [0.15, 0.2) is 6.61 Å². The second-order valence-electron chi connectivity index (χ2n) is 6.78. The summed E-state index contributed by atoms with van der Waals surface area (Å²) in [6, 6.07) is 22.3. The lowest BCUT2D eigenvalue weighted by Crippen LogP contribution is -2.10. The number of carbonyl (C=O) groups is 1. The van der Waals surface area contributed by atoms with Gasteiger partial charge in [-0.25, -0.2) is 4.79 Å². The molecule has 0 aliphatic carbocycles. The molecule has 0 spiro atoms. The Balaban J connectivity index is 1.55. The van der Waals surface area contributed by atoms with Crippen LogP contribution in [0.25, 0.3) is 0 Å². The number of rotatable bonds is 9. The fourth-order valence-electron chi connectivity index (χ4n) is 2.94. The van der Waals surface area contributed by atoms with Crippen LogP contribution in [0.3, 0.4) is 0 Å². The van der Waals surface area contributed by atoms with Gasteiger partial charge in [0, 0.05) is 10.6 Å². The Labute approximate surface area is 175 Å². The van der Waals surface area contributed by atoms with E-state index in [9.17, 15) is 4.79 Å². The van der Waals surface area contributed by atoms with E-state index < -0.39 is 5.97 Å². The zero-order chi connectivity index (χ0) is 20.6. The molecule has 0 amide bonds. The Morgan fingerprint density at radius 2 is 1.55 bits per heavy atom. The molecule has 0 radical (unpaired) electrons. The van der Waals surface area contributed by atoms with Crippen molar-refractivity contribution in [2.45, 2.75) is 31.1 Å². The third-order valence-corrected chi connectivity index (χ3v) is 5.40. The van der Waals surface area contributed by atoms with Crippen LogP contribution < -0.4 is 9.47 Å². The van der Waals surface area contributed by atoms with E-state index in [0.29, 0.717) is 12.4 Å². The summed E-state index contributed by atoms with van der Waals surface area (Å²) in [5.41, 5.74) is 4.24. The third-order valence-electron chi connectivity index (χ3n) is 4.35. The van der Waals surface area contributed by atoms with E-state index in [0.717, 1.165) is 33.1 Å². The average molecular weight is 409 g/mol. The zero-order valence-corrected chi connectivity index (χ0v) is 17.4. The lowest BCUT2D eigenvalue weighted by atomic mass is 10.1. The first-order valence-corrected chi connectivity index (χ1v) is 10.3. The molecule has 3 rings (SSSR count). The van der Waals surface area contributed by atoms with Crippen molar-refractivity contribution >= 4 is 17.7 Å². The lowest BCUT2D eigenvalue weighted by molar-refractivity contribution is -0.139. The molecular weight excluding hydrogens is 384 g/mol. The number of benzene rings is 3. The van der Waals surface area contributed by atoms with Crippen molar-refractivity contribution in [2.75, 3.05) is 6.61 Å². The van der Waals surface area contributed by atoms with E-state index in [2.05, 4.69) is 12.1 Å². The van der Waals surface area contributed by atoms with Crippen molar-refractivity contribution in [2.24, 2.45) is 0 Å². The summed E-state index contributed by atoms with van der Waals surface area (Å²) >= 11 is 1.74. The molecule has 0 atom stereocenters. The van der Waals surface area contributed by atoms with Gasteiger partial charge in [0.05, 0.1) is 0 Å². The van der Waals surface area contributed by atoms with Gasteiger partial charge >= 0.3 is 5.97 Å². The fraction of sp³-hybridized carbons (Fsp3) is 0.208. The first kappa shape index (κ1) is 20.8. The fourth-order valence-corrected chi connectivity index (χ4v) is 3.99. The number of thioether (sulfide) groups is 1. The zero-order valence-electron chi connectivity index (χ0n) is 16.6. The predicted molar refractivity (Wildman–Crippen MR) is 116 cm³/mol. The van der Waals surface area contributed by atoms with Crippen LogP contribution in [0.2, 0.25) is 0 Å². The van der Waals surface area contributed by atoms with E-state index >= 15 is 0 Å². The van der Waals surface area contributed by atoms with Gasteiger partial charge in [-0.05, 0) is 60.4 Å². The van der Waals surface area contributed by atoms with Gasteiger partial charge in [0.2, 0.25) is 0 Å². The van der Waals surface area contributed by atoms with E-state index in [1.54, 1.807) is 11.8 Å². The van der Waals surface area contributed by atoms with Crippen LogP contribution in [0.4, 0.5) is 0 Å². The first-order valence-electron chi connectivity index (χ1n) is 9.35. The van der Waals surface area contributed by atoms with Crippen LogP contribution in [0, 0.1) is 13.8 Å². The molecule has 3 aromatic carbocycles. The number of carboxylic acid groups (broad SMARTS) is 1. The predicted octanol–water partition coefficient (Wildman–Crippen LogP) is 5.64. The molecule has 0 aliphatic heterocycles. The molecule has 4 nitrogen and oxygen atoms in total. The van der Waals surface area contributed by atoms with Gasteiger partial charge < -0.3 is 14.6 Å². The summed E-state index contributed by atoms with van der Waals surface area (Å²) < 4.78 is 11.2. The van der Waals surface area contributed by atoms with Crippen molar-refractivity contribution in [3.8, 4) is 11.5 Å². The largest absolute Gasteiger partial charge is 0.489 e. The molecule has 3 aromatic rings. The molecule has 0 heterocycles. The molecular formula is C24H24O4S. The summed E-state index contributed by atoms with van der Waals surface area (Å²) in [7, 11) is 0. The summed E-state index contributed by atoms with van der Waals surface area (Å²) in [5, 5.41) is 8.79. The molecule has 0 aliphatic rings. The van der Waals surface area contributed by atoms with Gasteiger partial charge in [-0.2, -0.15) is 0 Å². The Kier molecular flexibility index (Phi) is 7.19. The van der Waals surface area contributed by atoms with Gasteiger partial charge in [-0.1, -0.05) is 42.5 Å². The Morgan fingerprint density at radius 1 is 0.897 bits per heavy atom. The van der Waals surface area contributed by atoms with E-state index in [1.807, 2.05) is 68.4 Å². The smallest absolute Gasteiger partial charge is 0.341 e. The average Bonchev–Trinajstić information content (AvgIpc) is 2.71. The number of ether oxygens (including phenoxy) is 2. The summed E-state index contributed by atoms with van der Waals surface area (Å²) in [6.45, 7) is 4.11. The molecule has 0 bridgehead atoms. The standard InChI is InChI=1S/C24H24O4S/c1-17-12-22(13-18(2)24(17)28-15-23(25)26)29-16-20-8-10-21(11-9-20)27-14-19-6-4-3-5-7-19/h3-13H,14-16H2,1-2H3,(H,25,26). The molecule has 0 saturated heterocycles. The van der Waals surface area contributed by atoms with Crippen molar-refractivity contribution in [3.05, 3.63) is 89.0 Å². The molecule has 0 fully saturated rings. The number of aryl methyl sites for hydroxylation is 2. The maximum Gasteiger partial charge on any atom is 0.341 e. The van der Waals surface area contributed by atoms with Gasteiger partial charge in [-0.15, -0.1) is 11.8 Å². The number of carboxylic acids is 1. The third kappa shape index (κ3) is 6.29. The van der Waals surface area contributed by atoms with Gasteiger partial charge in [-0.3, -0.25) is 0 Å². The van der Waals surface area contributed by atoms with Crippen molar-refractivity contribution < 1.29 is 19.4 Å². The molecule has 1 N–H and O–H groups in total. The van der Waals surface area contributed by atoms with Crippen LogP contribution in [-0.2, 0) is 17.2 Å². The van der Waals surface area contributed by atoms with Crippen molar-refractivity contribution in [3.63, 3.8) is 0 Å². The second kappa shape index (κ2) is 10.0. The van der Waals surface area contributed by atoms with E-state index in [1.165, 1.54) is 5.56 Å². The van der Waals surface area contributed by atoms with Crippen LogP contribution in [0.5, 0.6) is 11.5 Å². The minimum absolute atomic E-state index is 0.327. The summed E-state index contributed by atoms with van der Waals surface area (Å²) in [5.74, 6) is 1.37. The second-order valence-corrected chi connectivity index (χ2v) is 7.82. The number of hydrogen-bond acceptors (Lipinski definition) is 4. The van der Waals surface area contributed by atoms with E-state index in [4.69, 9.17) is 14.6 Å². The maximum absolute atomic E-state index is 10.7. The Bertz CT molecular complexity index is 929. The number of aliphatic carboxylic acids is 1. The SMILES string of the molecule is Cc1cc(SCc2ccc(OCc3ccccc3)cc2)cc(C)c1OCC(=O)O. The summed E-state index contributed by atoms with van der Waals surface area (Å²) in [4.78, 5) is 11.9. The summed E-state index contributed by atoms with van der Waals surface area (Å²) in [6.07, 6.45) is 0. The molecule has 29 heavy (non-hydrogen) atoms. The van der Waals surface area contributed by atoms with Crippen molar-refractivity contribution in [1.29, 1.82) is 0 Å². The van der Waals surface area contributed by atoms with Gasteiger partial charge in [0.1, 0.15) is 18.1 Å². The van der Waals surface area contributed by atoms with Crippen LogP contribution >= 0.6 is 11.8 Å². The number of hydrogen-bond donors (Lipinski definition) is 1. The molecule has 0 saturated carbocycles. The van der Waals surface area contributed by atoms with Crippen molar-refractivity contribution in [1.82, 2.24) is 0 Å². The Hall–Kier alpha value is -2.92. The van der Waals surface area contributed by atoms with Gasteiger partial charge in [0.25, 0.3) is 0 Å². The molecule has 5 heteroatoms. The molecule has 0 aromatic heterocycles. The highest BCUT2D eigenvalue weighted by atomic mass is 32.2. The highest BCUT2D eigenvalue weighted by Gasteiger charge is 2.09.